The molecule has 1 aliphatic rings. The van der Waals surface area contributed by atoms with Crippen LogP contribution in [0.15, 0.2) is 22.5 Å². The molecule has 0 aliphatic carbocycles. The molecule has 0 aromatic rings. The summed E-state index contributed by atoms with van der Waals surface area (Å²) in [4.78, 5) is 21.1. The zero-order valence-corrected chi connectivity index (χ0v) is 6.54. The molecule has 0 spiro atoms. The van der Waals surface area contributed by atoms with Crippen LogP contribution in [0, 0.1) is 0 Å². The van der Waals surface area contributed by atoms with E-state index in [-0.39, 0.29) is 0 Å². The number of primary amides is 2. The van der Waals surface area contributed by atoms with Gasteiger partial charge in [-0.1, -0.05) is 0 Å². The highest BCUT2D eigenvalue weighted by atomic mass is 32.2. The van der Waals surface area contributed by atoms with Crippen molar-refractivity contribution < 1.29 is 9.59 Å². The summed E-state index contributed by atoms with van der Waals surface area (Å²) < 4.78 is 0. The van der Waals surface area contributed by atoms with Gasteiger partial charge in [0.15, 0.2) is 0 Å². The number of thiol groups is 1. The van der Waals surface area contributed by atoms with Crippen molar-refractivity contribution in [3.05, 3.63) is 22.5 Å². The second kappa shape index (κ2) is 2.79. The van der Waals surface area contributed by atoms with Crippen molar-refractivity contribution in [3.8, 4) is 0 Å². The van der Waals surface area contributed by atoms with E-state index in [4.69, 9.17) is 11.5 Å². The Morgan fingerprint density at radius 1 is 1.36 bits per heavy atom. The lowest BCUT2D eigenvalue weighted by atomic mass is 10.3. The molecule has 4 nitrogen and oxygen atoms in total. The van der Waals surface area contributed by atoms with E-state index in [0.29, 0.717) is 5.57 Å². The van der Waals surface area contributed by atoms with E-state index in [0.717, 1.165) is 0 Å². The average Bonchev–Trinajstić information content (AvgIpc) is 2.33. The van der Waals surface area contributed by atoms with Crippen LogP contribution in [-0.2, 0) is 4.79 Å². The zero-order valence-electron chi connectivity index (χ0n) is 5.65. The Hall–Kier alpha value is -1.23. The molecule has 1 atom stereocenters. The summed E-state index contributed by atoms with van der Waals surface area (Å²) >= 11 is 0. The Labute approximate surface area is 66.3 Å². The van der Waals surface area contributed by atoms with E-state index < -0.39 is 22.0 Å². The summed E-state index contributed by atoms with van der Waals surface area (Å²) in [7, 11) is -1.08. The van der Waals surface area contributed by atoms with E-state index in [9.17, 15) is 9.59 Å². The lowest BCUT2D eigenvalue weighted by Crippen LogP contribution is -2.11. The first-order valence-corrected chi connectivity index (χ1v) is 4.37. The number of amides is 2. The van der Waals surface area contributed by atoms with Gasteiger partial charge in [0.2, 0.25) is 5.91 Å². The molecule has 5 heteroatoms. The molecule has 1 unspecified atom stereocenters. The molecule has 1 aliphatic heterocycles. The third-order valence-electron chi connectivity index (χ3n) is 1.23. The van der Waals surface area contributed by atoms with E-state index in [1.54, 1.807) is 5.41 Å². The third kappa shape index (κ3) is 1.62. The Balaban J connectivity index is 2.79. The molecule has 60 valence electrons. The largest absolute Gasteiger partial charge is 0.366 e. The molecule has 0 aromatic heterocycles. The number of carbonyl (C=O) groups excluding carboxylic acids is 2. The normalized spacial score (nSPS) is 24.7. The van der Waals surface area contributed by atoms with Crippen LogP contribution in [0.3, 0.4) is 0 Å². The van der Waals surface area contributed by atoms with Gasteiger partial charge in [0.05, 0.1) is 0 Å². The highest BCUT2D eigenvalue weighted by Gasteiger charge is 2.13. The Kier molecular flexibility index (Phi) is 2.00. The molecular weight excluding hydrogens is 164 g/mol. The standard InChI is InChI=1S/C6H8N2O2S/c7-5(9)4-1-2-11(3-4)6(8)10/h1-3,11H,(H2,7,9)(H2,8,10). The quantitative estimate of drug-likeness (QED) is 0.485. The van der Waals surface area contributed by atoms with E-state index in [2.05, 4.69) is 0 Å². The van der Waals surface area contributed by atoms with Crippen molar-refractivity contribution >= 4 is 22.0 Å². The Morgan fingerprint density at radius 2 is 2.00 bits per heavy atom. The molecule has 0 bridgehead atoms. The first-order chi connectivity index (χ1) is 5.11. The van der Waals surface area contributed by atoms with Crippen LogP contribution in [0.2, 0.25) is 0 Å². The molecule has 0 fully saturated rings. The summed E-state index contributed by atoms with van der Waals surface area (Å²) in [5.74, 6) is -0.521. The molecule has 1 heterocycles. The van der Waals surface area contributed by atoms with Crippen LogP contribution in [0.1, 0.15) is 0 Å². The molecular formula is C6H8N2O2S. The number of hydrogen-bond acceptors (Lipinski definition) is 2. The minimum Gasteiger partial charge on any atom is -0.366 e. The molecule has 4 N–H and O–H groups in total. The van der Waals surface area contributed by atoms with Crippen molar-refractivity contribution in [2.45, 2.75) is 0 Å². The summed E-state index contributed by atoms with van der Waals surface area (Å²) in [5.41, 5.74) is 10.3. The minimum atomic E-state index is -1.08. The number of carbonyl (C=O) groups is 2. The lowest BCUT2D eigenvalue weighted by Gasteiger charge is -2.00. The molecule has 11 heavy (non-hydrogen) atoms. The summed E-state index contributed by atoms with van der Waals surface area (Å²) in [6.45, 7) is 0. The maximum atomic E-state index is 10.6. The fourth-order valence-electron chi connectivity index (χ4n) is 0.679. The third-order valence-corrected chi connectivity index (χ3v) is 2.77. The van der Waals surface area contributed by atoms with Gasteiger partial charge in [-0.25, -0.2) is 0 Å². The molecule has 0 saturated carbocycles. The smallest absolute Gasteiger partial charge is 0.263 e. The van der Waals surface area contributed by atoms with Crippen molar-refractivity contribution in [1.82, 2.24) is 0 Å². The molecule has 0 saturated heterocycles. The van der Waals surface area contributed by atoms with Gasteiger partial charge in [-0.15, -0.1) is 10.9 Å². The second-order valence-corrected chi connectivity index (χ2v) is 3.82. The maximum absolute atomic E-state index is 10.6. The highest BCUT2D eigenvalue weighted by Crippen LogP contribution is 2.35. The summed E-state index contributed by atoms with van der Waals surface area (Å²) in [5, 5.41) is 2.71. The molecule has 2 amide bonds. The van der Waals surface area contributed by atoms with Crippen molar-refractivity contribution in [2.75, 3.05) is 0 Å². The van der Waals surface area contributed by atoms with Crippen LogP contribution >= 0.6 is 10.9 Å². The molecule has 0 radical (unpaired) electrons. The van der Waals surface area contributed by atoms with Crippen LogP contribution in [0.5, 0.6) is 0 Å². The number of rotatable bonds is 1. The molecule has 0 aromatic carbocycles. The van der Waals surface area contributed by atoms with Crippen molar-refractivity contribution in [3.63, 3.8) is 0 Å². The number of nitrogens with two attached hydrogens (primary N) is 2. The van der Waals surface area contributed by atoms with Crippen LogP contribution in [0.25, 0.3) is 0 Å². The zero-order chi connectivity index (χ0) is 8.43. The first-order valence-electron chi connectivity index (χ1n) is 2.89. The predicted molar refractivity (Wildman–Crippen MR) is 45.0 cm³/mol. The number of hydrogen-bond donors (Lipinski definition) is 3. The lowest BCUT2D eigenvalue weighted by molar-refractivity contribution is -0.114. The second-order valence-electron chi connectivity index (χ2n) is 2.01. The minimum absolute atomic E-state index is 0.370. The van der Waals surface area contributed by atoms with Gasteiger partial charge in [0, 0.05) is 5.57 Å². The topological polar surface area (TPSA) is 86.2 Å². The Morgan fingerprint density at radius 3 is 2.27 bits per heavy atom. The van der Waals surface area contributed by atoms with Crippen LogP contribution < -0.4 is 11.5 Å². The fourth-order valence-corrected chi connectivity index (χ4v) is 1.87. The monoisotopic (exact) mass is 172 g/mol. The van der Waals surface area contributed by atoms with Crippen molar-refractivity contribution in [1.29, 1.82) is 0 Å². The SMILES string of the molecule is NC(=O)C1=C[SH](C(N)=O)C=C1. The van der Waals surface area contributed by atoms with Gasteiger partial charge in [-0.05, 0) is 16.9 Å². The van der Waals surface area contributed by atoms with Crippen LogP contribution in [0.4, 0.5) is 4.79 Å². The van der Waals surface area contributed by atoms with Gasteiger partial charge < -0.3 is 11.5 Å². The van der Waals surface area contributed by atoms with Crippen LogP contribution in [-0.4, -0.2) is 11.1 Å². The predicted octanol–water partition coefficient (Wildman–Crippen LogP) is -0.0372. The summed E-state index contributed by atoms with van der Waals surface area (Å²) in [6, 6.07) is 0. The first kappa shape index (κ1) is 7.87. The van der Waals surface area contributed by atoms with Gasteiger partial charge in [0.25, 0.3) is 5.24 Å². The van der Waals surface area contributed by atoms with E-state index >= 15 is 0 Å². The summed E-state index contributed by atoms with van der Waals surface area (Å²) in [6.07, 6.45) is 1.53. The fraction of sp³-hybridized carbons (Fsp3) is 0. The van der Waals surface area contributed by atoms with E-state index in [1.165, 1.54) is 11.5 Å². The maximum Gasteiger partial charge on any atom is 0.263 e. The van der Waals surface area contributed by atoms with Crippen molar-refractivity contribution in [2.24, 2.45) is 11.5 Å². The van der Waals surface area contributed by atoms with Gasteiger partial charge in [0.1, 0.15) is 0 Å². The molecule has 1 rings (SSSR count). The van der Waals surface area contributed by atoms with Gasteiger partial charge in [-0.3, -0.25) is 9.59 Å². The van der Waals surface area contributed by atoms with E-state index in [1.807, 2.05) is 0 Å². The Bertz CT molecular complexity index is 270. The highest BCUT2D eigenvalue weighted by molar-refractivity contribution is 8.34. The average molecular weight is 172 g/mol. The van der Waals surface area contributed by atoms with Gasteiger partial charge in [-0.2, -0.15) is 0 Å². The van der Waals surface area contributed by atoms with Gasteiger partial charge >= 0.3 is 0 Å².